The molecule has 1 aromatic heterocycles. The van der Waals surface area contributed by atoms with E-state index in [0.29, 0.717) is 5.82 Å². The van der Waals surface area contributed by atoms with Gasteiger partial charge in [-0.25, -0.2) is 4.98 Å². The average molecular weight is 245 g/mol. The predicted octanol–water partition coefficient (Wildman–Crippen LogP) is 1.18. The molecule has 0 unspecified atom stereocenters. The van der Waals surface area contributed by atoms with Crippen LogP contribution in [-0.4, -0.2) is 42.1 Å². The van der Waals surface area contributed by atoms with Crippen LogP contribution in [0, 0.1) is 0 Å². The molecule has 1 rings (SSSR count). The van der Waals surface area contributed by atoms with Crippen molar-refractivity contribution in [1.29, 1.82) is 0 Å². The summed E-state index contributed by atoms with van der Waals surface area (Å²) in [4.78, 5) is 19.7. The molecule has 0 aliphatic carbocycles. The van der Waals surface area contributed by atoms with Crippen LogP contribution in [0.15, 0.2) is 11.1 Å². The Bertz CT molecular complexity index is 377. The molecule has 0 fully saturated rings. The predicted molar refractivity (Wildman–Crippen MR) is 66.1 cm³/mol. The lowest BCUT2D eigenvalue weighted by Crippen LogP contribution is -2.15. The Kier molecular flexibility index (Phi) is 5.28. The van der Waals surface area contributed by atoms with Gasteiger partial charge in [0, 0.05) is 6.54 Å². The summed E-state index contributed by atoms with van der Waals surface area (Å²) in [5.74, 6) is 0.454. The highest BCUT2D eigenvalue weighted by molar-refractivity contribution is 6.32. The zero-order valence-corrected chi connectivity index (χ0v) is 10.3. The molecule has 0 aliphatic heterocycles. The molecule has 1 aromatic rings. The van der Waals surface area contributed by atoms with Gasteiger partial charge in [0.05, 0.1) is 6.33 Å². The zero-order chi connectivity index (χ0) is 12.0. The van der Waals surface area contributed by atoms with E-state index in [2.05, 4.69) is 20.2 Å². The molecule has 2 N–H and O–H groups in total. The topological polar surface area (TPSA) is 61.0 Å². The number of aromatic amines is 1. The van der Waals surface area contributed by atoms with E-state index in [1.54, 1.807) is 0 Å². The lowest BCUT2D eigenvalue weighted by Gasteiger charge is -2.09. The van der Waals surface area contributed by atoms with Crippen LogP contribution >= 0.6 is 11.6 Å². The third kappa shape index (κ3) is 4.20. The van der Waals surface area contributed by atoms with Crippen LogP contribution in [-0.2, 0) is 0 Å². The third-order valence-electron chi connectivity index (χ3n) is 2.12. The van der Waals surface area contributed by atoms with Gasteiger partial charge in [-0.2, -0.15) is 0 Å². The molecule has 0 saturated carbocycles. The molecule has 0 atom stereocenters. The van der Waals surface area contributed by atoms with E-state index < -0.39 is 0 Å². The number of H-pyrrole nitrogens is 1. The van der Waals surface area contributed by atoms with Gasteiger partial charge in [-0.1, -0.05) is 11.6 Å². The minimum absolute atomic E-state index is 0.120. The van der Waals surface area contributed by atoms with Crippen molar-refractivity contribution in [3.05, 3.63) is 21.7 Å². The summed E-state index contributed by atoms with van der Waals surface area (Å²) >= 11 is 5.78. The Morgan fingerprint density at radius 3 is 2.94 bits per heavy atom. The van der Waals surface area contributed by atoms with E-state index in [0.717, 1.165) is 25.9 Å². The maximum absolute atomic E-state index is 11.1. The first-order valence-electron chi connectivity index (χ1n) is 5.23. The van der Waals surface area contributed by atoms with Gasteiger partial charge in [0.1, 0.15) is 5.02 Å². The lowest BCUT2D eigenvalue weighted by atomic mass is 10.3. The number of anilines is 1. The van der Waals surface area contributed by atoms with Crippen molar-refractivity contribution in [3.63, 3.8) is 0 Å². The summed E-state index contributed by atoms with van der Waals surface area (Å²) in [6.07, 6.45) is 3.46. The summed E-state index contributed by atoms with van der Waals surface area (Å²) in [7, 11) is 4.09. The van der Waals surface area contributed by atoms with Crippen molar-refractivity contribution >= 4 is 17.4 Å². The number of aromatic nitrogens is 2. The molecular formula is C10H17ClN4O. The molecule has 0 spiro atoms. The van der Waals surface area contributed by atoms with Crippen molar-refractivity contribution < 1.29 is 0 Å². The summed E-state index contributed by atoms with van der Waals surface area (Å²) in [6.45, 7) is 1.82. The Hall–Kier alpha value is -1.07. The highest BCUT2D eigenvalue weighted by Gasteiger charge is 2.03. The van der Waals surface area contributed by atoms with Crippen molar-refractivity contribution in [1.82, 2.24) is 14.9 Å². The van der Waals surface area contributed by atoms with E-state index in [9.17, 15) is 4.79 Å². The van der Waals surface area contributed by atoms with E-state index in [4.69, 9.17) is 11.6 Å². The lowest BCUT2D eigenvalue weighted by molar-refractivity contribution is 0.396. The Labute approximate surface area is 99.8 Å². The fraction of sp³-hybridized carbons (Fsp3) is 0.600. The van der Waals surface area contributed by atoms with E-state index in [1.165, 1.54) is 6.33 Å². The molecule has 1 heterocycles. The monoisotopic (exact) mass is 244 g/mol. The number of hydrogen-bond donors (Lipinski definition) is 2. The molecule has 0 aliphatic rings. The zero-order valence-electron chi connectivity index (χ0n) is 9.59. The Morgan fingerprint density at radius 1 is 1.50 bits per heavy atom. The molecule has 5 nitrogen and oxygen atoms in total. The number of nitrogens with zero attached hydrogens (tertiary/aromatic N) is 2. The van der Waals surface area contributed by atoms with Crippen LogP contribution in [0.2, 0.25) is 5.02 Å². The second kappa shape index (κ2) is 6.50. The molecule has 16 heavy (non-hydrogen) atoms. The highest BCUT2D eigenvalue weighted by atomic mass is 35.5. The van der Waals surface area contributed by atoms with Gasteiger partial charge in [-0.05, 0) is 33.5 Å². The van der Waals surface area contributed by atoms with Crippen molar-refractivity contribution in [3.8, 4) is 0 Å². The van der Waals surface area contributed by atoms with Crippen LogP contribution in [0.4, 0.5) is 5.82 Å². The summed E-state index contributed by atoms with van der Waals surface area (Å²) in [5.41, 5.74) is -0.313. The van der Waals surface area contributed by atoms with Crippen LogP contribution in [0.3, 0.4) is 0 Å². The van der Waals surface area contributed by atoms with Crippen molar-refractivity contribution in [2.45, 2.75) is 12.8 Å². The Balaban J connectivity index is 2.32. The molecule has 0 radical (unpaired) electrons. The maximum atomic E-state index is 11.1. The van der Waals surface area contributed by atoms with Crippen LogP contribution in [0.5, 0.6) is 0 Å². The van der Waals surface area contributed by atoms with Crippen LogP contribution in [0.25, 0.3) is 0 Å². The smallest absolute Gasteiger partial charge is 0.271 e. The van der Waals surface area contributed by atoms with Gasteiger partial charge in [0.2, 0.25) is 0 Å². The highest BCUT2D eigenvalue weighted by Crippen LogP contribution is 2.11. The maximum Gasteiger partial charge on any atom is 0.271 e. The van der Waals surface area contributed by atoms with Crippen LogP contribution in [0.1, 0.15) is 12.8 Å². The first-order valence-corrected chi connectivity index (χ1v) is 5.61. The molecule has 0 saturated heterocycles. The molecular weight excluding hydrogens is 228 g/mol. The fourth-order valence-corrected chi connectivity index (χ4v) is 1.44. The largest absolute Gasteiger partial charge is 0.369 e. The molecule has 0 aromatic carbocycles. The number of halogens is 1. The standard InChI is InChI=1S/C10H17ClN4O/c1-15(2)6-4-3-5-12-9-8(11)10(16)14-7-13-9/h7H,3-6H2,1-2H3,(H2,12,13,14,16). The molecule has 6 heteroatoms. The van der Waals surface area contributed by atoms with Gasteiger partial charge in [0.25, 0.3) is 5.56 Å². The van der Waals surface area contributed by atoms with Gasteiger partial charge < -0.3 is 15.2 Å². The van der Waals surface area contributed by atoms with Crippen molar-refractivity contribution in [2.24, 2.45) is 0 Å². The molecule has 0 bridgehead atoms. The minimum Gasteiger partial charge on any atom is -0.369 e. The van der Waals surface area contributed by atoms with E-state index >= 15 is 0 Å². The number of unbranched alkanes of at least 4 members (excludes halogenated alkanes) is 1. The second-order valence-electron chi connectivity index (χ2n) is 3.83. The molecule has 0 amide bonds. The summed E-state index contributed by atoms with van der Waals surface area (Å²) in [5, 5.41) is 3.17. The quantitative estimate of drug-likeness (QED) is 0.738. The van der Waals surface area contributed by atoms with Gasteiger partial charge in [0.15, 0.2) is 5.82 Å². The number of rotatable bonds is 6. The second-order valence-corrected chi connectivity index (χ2v) is 4.21. The first-order chi connectivity index (χ1) is 7.61. The molecule has 90 valence electrons. The minimum atomic E-state index is -0.313. The fourth-order valence-electron chi connectivity index (χ4n) is 1.27. The van der Waals surface area contributed by atoms with Gasteiger partial charge in [-0.3, -0.25) is 4.79 Å². The Morgan fingerprint density at radius 2 is 2.25 bits per heavy atom. The average Bonchev–Trinajstić information content (AvgIpc) is 2.23. The van der Waals surface area contributed by atoms with E-state index in [-0.39, 0.29) is 10.6 Å². The number of hydrogen-bond acceptors (Lipinski definition) is 4. The van der Waals surface area contributed by atoms with Gasteiger partial charge >= 0.3 is 0 Å². The van der Waals surface area contributed by atoms with Crippen molar-refractivity contribution in [2.75, 3.05) is 32.5 Å². The number of nitrogens with one attached hydrogen (secondary N) is 2. The first kappa shape index (κ1) is 13.0. The summed E-state index contributed by atoms with van der Waals surface area (Å²) in [6, 6.07) is 0. The summed E-state index contributed by atoms with van der Waals surface area (Å²) < 4.78 is 0. The normalized spacial score (nSPS) is 10.8. The van der Waals surface area contributed by atoms with Crippen LogP contribution < -0.4 is 10.9 Å². The third-order valence-corrected chi connectivity index (χ3v) is 2.47. The van der Waals surface area contributed by atoms with E-state index in [1.807, 2.05) is 14.1 Å². The SMILES string of the molecule is CN(C)CCCCNc1nc[nH]c(=O)c1Cl. The van der Waals surface area contributed by atoms with Gasteiger partial charge in [-0.15, -0.1) is 0 Å².